The van der Waals surface area contributed by atoms with E-state index in [1.165, 1.54) is 20.4 Å². The van der Waals surface area contributed by atoms with E-state index in [1.807, 2.05) is 6.07 Å². The zero-order chi connectivity index (χ0) is 21.3. The Bertz CT molecular complexity index is 1050. The van der Waals surface area contributed by atoms with Gasteiger partial charge in [0.05, 0.1) is 26.0 Å². The van der Waals surface area contributed by atoms with Crippen LogP contribution in [0.15, 0.2) is 77.9 Å². The molecular weight excluding hydrogens is 384 g/mol. The molecule has 0 fully saturated rings. The number of hydrogen-bond acceptors (Lipinski definition) is 6. The molecule has 152 valence electrons. The Morgan fingerprint density at radius 3 is 2.20 bits per heavy atom. The normalized spacial score (nSPS) is 10.5. The van der Waals surface area contributed by atoms with E-state index in [-0.39, 0.29) is 5.91 Å². The number of carbonyl (C=O) groups is 2. The van der Waals surface area contributed by atoms with Crippen LogP contribution in [0.5, 0.6) is 17.2 Å². The van der Waals surface area contributed by atoms with E-state index < -0.39 is 5.97 Å². The lowest BCUT2D eigenvalue weighted by Gasteiger charge is -2.09. The van der Waals surface area contributed by atoms with Crippen LogP contribution in [-0.2, 0) is 0 Å². The maximum absolute atomic E-state index is 12.4. The maximum atomic E-state index is 12.4. The van der Waals surface area contributed by atoms with E-state index in [9.17, 15) is 9.59 Å². The second-order valence-electron chi connectivity index (χ2n) is 6.09. The Hall–Kier alpha value is -4.13. The van der Waals surface area contributed by atoms with Gasteiger partial charge in [0.2, 0.25) is 0 Å². The van der Waals surface area contributed by atoms with Crippen molar-refractivity contribution in [2.24, 2.45) is 5.10 Å². The molecule has 7 nitrogen and oxygen atoms in total. The van der Waals surface area contributed by atoms with Gasteiger partial charge in [-0.2, -0.15) is 5.10 Å². The van der Waals surface area contributed by atoms with Gasteiger partial charge in [-0.1, -0.05) is 18.2 Å². The fourth-order valence-electron chi connectivity index (χ4n) is 2.57. The van der Waals surface area contributed by atoms with Crippen LogP contribution in [0, 0.1) is 0 Å². The van der Waals surface area contributed by atoms with Gasteiger partial charge < -0.3 is 14.2 Å². The number of amides is 1. The zero-order valence-corrected chi connectivity index (χ0v) is 16.5. The predicted molar refractivity (Wildman–Crippen MR) is 112 cm³/mol. The quantitative estimate of drug-likeness (QED) is 0.281. The first-order chi connectivity index (χ1) is 14.6. The number of hydrazone groups is 1. The SMILES string of the molecule is COc1ccc(C(=O)Oc2ccc(/C=N\NC(=O)c3ccccc3)cc2)cc1OC. The Morgan fingerprint density at radius 1 is 0.833 bits per heavy atom. The molecule has 3 aromatic rings. The second-order valence-corrected chi connectivity index (χ2v) is 6.09. The van der Waals surface area contributed by atoms with E-state index in [0.717, 1.165) is 5.56 Å². The molecule has 0 aliphatic heterocycles. The number of rotatable bonds is 7. The van der Waals surface area contributed by atoms with E-state index in [2.05, 4.69) is 10.5 Å². The van der Waals surface area contributed by atoms with Crippen LogP contribution in [0.25, 0.3) is 0 Å². The highest BCUT2D eigenvalue weighted by atomic mass is 16.5. The third kappa shape index (κ3) is 5.23. The topological polar surface area (TPSA) is 86.2 Å². The lowest BCUT2D eigenvalue weighted by Crippen LogP contribution is -2.17. The first-order valence-electron chi connectivity index (χ1n) is 9.03. The Morgan fingerprint density at radius 2 is 1.53 bits per heavy atom. The minimum Gasteiger partial charge on any atom is -0.493 e. The molecule has 0 aliphatic carbocycles. The number of carbonyl (C=O) groups excluding carboxylic acids is 2. The fourth-order valence-corrected chi connectivity index (χ4v) is 2.57. The van der Waals surface area contributed by atoms with Crippen molar-refractivity contribution in [1.82, 2.24) is 5.43 Å². The number of benzene rings is 3. The van der Waals surface area contributed by atoms with Gasteiger partial charge in [0.25, 0.3) is 5.91 Å². The molecule has 30 heavy (non-hydrogen) atoms. The Labute approximate surface area is 173 Å². The van der Waals surface area contributed by atoms with Gasteiger partial charge in [-0.05, 0) is 60.2 Å². The van der Waals surface area contributed by atoms with Crippen molar-refractivity contribution in [2.75, 3.05) is 14.2 Å². The molecular formula is C23H20N2O5. The number of ether oxygens (including phenoxy) is 3. The van der Waals surface area contributed by atoms with Gasteiger partial charge in [-0.25, -0.2) is 10.2 Å². The molecule has 1 N–H and O–H groups in total. The van der Waals surface area contributed by atoms with Crippen molar-refractivity contribution in [3.8, 4) is 17.2 Å². The van der Waals surface area contributed by atoms with Crippen LogP contribution in [0.3, 0.4) is 0 Å². The van der Waals surface area contributed by atoms with Gasteiger partial charge in [0.15, 0.2) is 11.5 Å². The lowest BCUT2D eigenvalue weighted by atomic mass is 10.2. The van der Waals surface area contributed by atoms with Crippen LogP contribution in [-0.4, -0.2) is 32.3 Å². The number of hydrogen-bond donors (Lipinski definition) is 1. The molecule has 0 saturated carbocycles. The molecule has 3 rings (SSSR count). The summed E-state index contributed by atoms with van der Waals surface area (Å²) in [5.74, 6) is 0.521. The molecule has 1 amide bonds. The lowest BCUT2D eigenvalue weighted by molar-refractivity contribution is 0.0734. The predicted octanol–water partition coefficient (Wildman–Crippen LogP) is 3.69. The Balaban J connectivity index is 1.59. The Kier molecular flexibility index (Phi) is 6.78. The maximum Gasteiger partial charge on any atom is 0.343 e. The molecule has 0 radical (unpaired) electrons. The first kappa shape index (κ1) is 20.6. The molecule has 0 spiro atoms. The minimum absolute atomic E-state index is 0.299. The summed E-state index contributed by atoms with van der Waals surface area (Å²) in [4.78, 5) is 24.3. The third-order valence-corrected chi connectivity index (χ3v) is 4.13. The second kappa shape index (κ2) is 9.88. The van der Waals surface area contributed by atoms with Crippen molar-refractivity contribution in [3.63, 3.8) is 0 Å². The largest absolute Gasteiger partial charge is 0.493 e. The highest BCUT2D eigenvalue weighted by Gasteiger charge is 2.13. The minimum atomic E-state index is -0.521. The van der Waals surface area contributed by atoms with Gasteiger partial charge in [-0.3, -0.25) is 4.79 Å². The average molecular weight is 404 g/mol. The van der Waals surface area contributed by atoms with Crippen LogP contribution in [0.2, 0.25) is 0 Å². The summed E-state index contributed by atoms with van der Waals surface area (Å²) in [7, 11) is 3.02. The average Bonchev–Trinajstić information content (AvgIpc) is 2.80. The van der Waals surface area contributed by atoms with Crippen molar-refractivity contribution < 1.29 is 23.8 Å². The van der Waals surface area contributed by atoms with Gasteiger partial charge in [0.1, 0.15) is 5.75 Å². The van der Waals surface area contributed by atoms with E-state index in [1.54, 1.807) is 66.7 Å². The third-order valence-electron chi connectivity index (χ3n) is 4.13. The molecule has 0 atom stereocenters. The standard InChI is InChI=1S/C23H20N2O5/c1-28-20-13-10-18(14-21(20)29-2)23(27)30-19-11-8-16(9-12-19)15-24-25-22(26)17-6-4-3-5-7-17/h3-15H,1-2H3,(H,25,26)/b24-15-. The van der Waals surface area contributed by atoms with Crippen molar-refractivity contribution >= 4 is 18.1 Å². The zero-order valence-electron chi connectivity index (χ0n) is 16.5. The monoisotopic (exact) mass is 404 g/mol. The molecule has 0 heterocycles. The van der Waals surface area contributed by atoms with E-state index in [4.69, 9.17) is 14.2 Å². The highest BCUT2D eigenvalue weighted by Crippen LogP contribution is 2.28. The molecule has 7 heteroatoms. The van der Waals surface area contributed by atoms with Crippen molar-refractivity contribution in [1.29, 1.82) is 0 Å². The summed E-state index contributed by atoms with van der Waals surface area (Å²) < 4.78 is 15.7. The smallest absolute Gasteiger partial charge is 0.343 e. The van der Waals surface area contributed by atoms with Gasteiger partial charge >= 0.3 is 5.97 Å². The molecule has 0 saturated heterocycles. The van der Waals surface area contributed by atoms with Crippen molar-refractivity contribution in [3.05, 3.63) is 89.5 Å². The van der Waals surface area contributed by atoms with Crippen LogP contribution in [0.4, 0.5) is 0 Å². The number of nitrogens with one attached hydrogen (secondary N) is 1. The number of esters is 1. The van der Waals surface area contributed by atoms with Crippen LogP contribution >= 0.6 is 0 Å². The van der Waals surface area contributed by atoms with E-state index >= 15 is 0 Å². The number of methoxy groups -OCH3 is 2. The molecule has 0 aliphatic rings. The summed E-state index contributed by atoms with van der Waals surface area (Å²) in [5, 5.41) is 3.93. The summed E-state index contributed by atoms with van der Waals surface area (Å²) in [5.41, 5.74) is 4.05. The van der Waals surface area contributed by atoms with Gasteiger partial charge in [-0.15, -0.1) is 0 Å². The number of nitrogens with zero attached hydrogens (tertiary/aromatic N) is 1. The molecule has 3 aromatic carbocycles. The summed E-state index contributed by atoms with van der Waals surface area (Å²) >= 11 is 0. The molecule has 0 aromatic heterocycles. The molecule has 0 unspecified atom stereocenters. The first-order valence-corrected chi connectivity index (χ1v) is 9.03. The summed E-state index contributed by atoms with van der Waals surface area (Å²) in [6, 6.07) is 20.3. The highest BCUT2D eigenvalue weighted by molar-refractivity contribution is 5.95. The van der Waals surface area contributed by atoms with Crippen LogP contribution < -0.4 is 19.6 Å². The van der Waals surface area contributed by atoms with E-state index in [0.29, 0.717) is 28.4 Å². The van der Waals surface area contributed by atoms with Crippen LogP contribution in [0.1, 0.15) is 26.3 Å². The summed E-state index contributed by atoms with van der Waals surface area (Å²) in [6.45, 7) is 0. The summed E-state index contributed by atoms with van der Waals surface area (Å²) in [6.07, 6.45) is 1.50. The van der Waals surface area contributed by atoms with Gasteiger partial charge in [0, 0.05) is 5.56 Å². The van der Waals surface area contributed by atoms with Crippen molar-refractivity contribution in [2.45, 2.75) is 0 Å². The molecule has 0 bridgehead atoms. The fraction of sp³-hybridized carbons (Fsp3) is 0.0870.